The van der Waals surface area contributed by atoms with Crippen LogP contribution in [0.15, 0.2) is 42.5 Å². The molecule has 3 nitrogen and oxygen atoms in total. The van der Waals surface area contributed by atoms with Gasteiger partial charge in [0.1, 0.15) is 11.6 Å². The summed E-state index contributed by atoms with van der Waals surface area (Å²) < 4.78 is 44.6. The molecule has 0 fully saturated rings. The summed E-state index contributed by atoms with van der Waals surface area (Å²) in [6.07, 6.45) is -0.00470. The number of benzene rings is 2. The first-order valence-corrected chi connectivity index (χ1v) is 6.54. The smallest absolute Gasteiger partial charge is 0.311 e. The fraction of sp³-hybridized carbons (Fsp3) is 0.188. The Morgan fingerprint density at radius 2 is 1.77 bits per heavy atom. The Kier molecular flexibility index (Phi) is 5.04. The minimum absolute atomic E-state index is 0.00470. The topological polar surface area (TPSA) is 46.5 Å². The molecule has 0 aliphatic rings. The van der Waals surface area contributed by atoms with Gasteiger partial charge in [-0.3, -0.25) is 4.79 Å². The van der Waals surface area contributed by atoms with E-state index in [1.807, 2.05) is 0 Å². The number of ether oxygens (including phenoxy) is 1. The highest BCUT2D eigenvalue weighted by molar-refractivity contribution is 5.76. The lowest BCUT2D eigenvalue weighted by Gasteiger charge is -2.14. The summed E-state index contributed by atoms with van der Waals surface area (Å²) >= 11 is 0. The number of hydrogen-bond donors (Lipinski definition) is 1. The zero-order valence-corrected chi connectivity index (χ0v) is 11.4. The van der Waals surface area contributed by atoms with Gasteiger partial charge in [0.05, 0.1) is 12.5 Å². The fourth-order valence-corrected chi connectivity index (χ4v) is 2.03. The Morgan fingerprint density at radius 3 is 2.41 bits per heavy atom. The summed E-state index contributed by atoms with van der Waals surface area (Å²) in [5, 5.41) is 9.20. The van der Waals surface area contributed by atoms with Gasteiger partial charge in [-0.05, 0) is 24.6 Å². The number of hydrogen-bond acceptors (Lipinski definition) is 2. The third kappa shape index (κ3) is 3.78. The van der Waals surface area contributed by atoms with E-state index in [9.17, 15) is 23.1 Å². The molecule has 0 bridgehead atoms. The highest BCUT2D eigenvalue weighted by Gasteiger charge is 2.22. The molecule has 0 radical (unpaired) electrons. The van der Waals surface area contributed by atoms with Crippen LogP contribution < -0.4 is 4.74 Å². The molecule has 2 rings (SSSR count). The van der Waals surface area contributed by atoms with Crippen molar-refractivity contribution in [3.63, 3.8) is 0 Å². The van der Waals surface area contributed by atoms with Crippen molar-refractivity contribution in [3.8, 4) is 5.75 Å². The maximum atomic E-state index is 13.7. The second-order valence-electron chi connectivity index (χ2n) is 4.63. The van der Waals surface area contributed by atoms with Crippen molar-refractivity contribution >= 4 is 5.97 Å². The van der Waals surface area contributed by atoms with Gasteiger partial charge in [0.2, 0.25) is 0 Å². The molecule has 22 heavy (non-hydrogen) atoms. The first-order valence-electron chi connectivity index (χ1n) is 6.54. The van der Waals surface area contributed by atoms with E-state index >= 15 is 0 Å². The summed E-state index contributed by atoms with van der Waals surface area (Å²) in [6.45, 7) is -0.0730. The van der Waals surface area contributed by atoms with Crippen LogP contribution in [0.4, 0.5) is 13.2 Å². The van der Waals surface area contributed by atoms with Crippen LogP contribution in [0, 0.1) is 17.5 Å². The molecule has 1 unspecified atom stereocenters. The molecule has 1 atom stereocenters. The van der Waals surface area contributed by atoms with E-state index in [0.717, 1.165) is 12.1 Å². The van der Waals surface area contributed by atoms with Gasteiger partial charge in [-0.1, -0.05) is 18.2 Å². The molecule has 0 aliphatic carbocycles. The van der Waals surface area contributed by atoms with E-state index in [2.05, 4.69) is 0 Å². The van der Waals surface area contributed by atoms with E-state index in [4.69, 9.17) is 4.74 Å². The number of rotatable bonds is 6. The van der Waals surface area contributed by atoms with Crippen LogP contribution in [-0.2, 0) is 4.79 Å². The molecule has 0 aromatic heterocycles. The maximum absolute atomic E-state index is 13.7. The Morgan fingerprint density at radius 1 is 1.05 bits per heavy atom. The van der Waals surface area contributed by atoms with Crippen molar-refractivity contribution in [2.45, 2.75) is 12.3 Å². The van der Waals surface area contributed by atoms with Crippen molar-refractivity contribution in [2.75, 3.05) is 6.61 Å². The minimum atomic E-state index is -1.18. The first-order chi connectivity index (χ1) is 10.5. The predicted octanol–water partition coefficient (Wildman–Crippen LogP) is 3.74. The number of aliphatic carboxylic acids is 1. The molecule has 0 saturated carbocycles. The average molecular weight is 310 g/mol. The highest BCUT2D eigenvalue weighted by Crippen LogP contribution is 2.24. The predicted molar refractivity (Wildman–Crippen MR) is 73.2 cm³/mol. The Balaban J connectivity index is 2.02. The van der Waals surface area contributed by atoms with E-state index in [-0.39, 0.29) is 24.3 Å². The molecule has 0 heterocycles. The standard InChI is InChI=1S/C16H13F3O3/c17-13-4-2-1-3-11(13)12(16(20)21)7-8-22-10-5-6-14(18)15(19)9-10/h1-6,9,12H,7-8H2,(H,20,21). The maximum Gasteiger partial charge on any atom is 0.311 e. The molecule has 0 spiro atoms. The van der Waals surface area contributed by atoms with Crippen LogP contribution in [0.2, 0.25) is 0 Å². The molecule has 116 valence electrons. The Labute approximate surface area is 125 Å². The van der Waals surface area contributed by atoms with Gasteiger partial charge in [0.15, 0.2) is 11.6 Å². The van der Waals surface area contributed by atoms with Crippen molar-refractivity contribution < 1.29 is 27.8 Å². The lowest BCUT2D eigenvalue weighted by molar-refractivity contribution is -0.139. The molecule has 0 amide bonds. The first kappa shape index (κ1) is 15.9. The molecule has 2 aromatic carbocycles. The van der Waals surface area contributed by atoms with Gasteiger partial charge < -0.3 is 9.84 Å². The second-order valence-corrected chi connectivity index (χ2v) is 4.63. The van der Waals surface area contributed by atoms with Gasteiger partial charge in [0.25, 0.3) is 0 Å². The van der Waals surface area contributed by atoms with Crippen molar-refractivity contribution in [3.05, 3.63) is 65.5 Å². The summed E-state index contributed by atoms with van der Waals surface area (Å²) in [5.74, 6) is -4.84. The van der Waals surface area contributed by atoms with E-state index < -0.39 is 29.3 Å². The number of carboxylic acid groups (broad SMARTS) is 1. The molecule has 6 heteroatoms. The third-order valence-corrected chi connectivity index (χ3v) is 3.15. The van der Waals surface area contributed by atoms with Crippen molar-refractivity contribution in [2.24, 2.45) is 0 Å². The molecule has 2 aromatic rings. The van der Waals surface area contributed by atoms with Crippen molar-refractivity contribution in [1.82, 2.24) is 0 Å². The monoisotopic (exact) mass is 310 g/mol. The number of halogens is 3. The zero-order valence-electron chi connectivity index (χ0n) is 11.4. The zero-order chi connectivity index (χ0) is 16.1. The van der Waals surface area contributed by atoms with E-state index in [1.165, 1.54) is 24.3 Å². The van der Waals surface area contributed by atoms with Crippen LogP contribution in [0.25, 0.3) is 0 Å². The average Bonchev–Trinajstić information content (AvgIpc) is 2.48. The van der Waals surface area contributed by atoms with Gasteiger partial charge in [0, 0.05) is 11.6 Å². The number of carboxylic acids is 1. The van der Waals surface area contributed by atoms with Crippen LogP contribution in [-0.4, -0.2) is 17.7 Å². The largest absolute Gasteiger partial charge is 0.493 e. The lowest BCUT2D eigenvalue weighted by Crippen LogP contribution is -2.16. The van der Waals surface area contributed by atoms with Gasteiger partial charge >= 0.3 is 5.97 Å². The molecule has 0 saturated heterocycles. The van der Waals surface area contributed by atoms with Gasteiger partial charge in [-0.25, -0.2) is 13.2 Å². The minimum Gasteiger partial charge on any atom is -0.493 e. The summed E-state index contributed by atoms with van der Waals surface area (Å²) in [6, 6.07) is 8.61. The van der Waals surface area contributed by atoms with Crippen LogP contribution >= 0.6 is 0 Å². The lowest BCUT2D eigenvalue weighted by atomic mass is 9.96. The van der Waals surface area contributed by atoms with Crippen LogP contribution in [0.3, 0.4) is 0 Å². The summed E-state index contributed by atoms with van der Waals surface area (Å²) in [4.78, 5) is 11.3. The van der Waals surface area contributed by atoms with Gasteiger partial charge in [-0.2, -0.15) is 0 Å². The Bertz CT molecular complexity index is 673. The van der Waals surface area contributed by atoms with E-state index in [1.54, 1.807) is 6.07 Å². The van der Waals surface area contributed by atoms with Crippen LogP contribution in [0.1, 0.15) is 17.9 Å². The van der Waals surface area contributed by atoms with Crippen LogP contribution in [0.5, 0.6) is 5.75 Å². The van der Waals surface area contributed by atoms with Gasteiger partial charge in [-0.15, -0.1) is 0 Å². The molecule has 0 aliphatic heterocycles. The highest BCUT2D eigenvalue weighted by atomic mass is 19.2. The second kappa shape index (κ2) is 6.98. The fourth-order valence-electron chi connectivity index (χ4n) is 2.03. The Hall–Kier alpha value is -2.50. The summed E-state index contributed by atoms with van der Waals surface area (Å²) in [7, 11) is 0. The van der Waals surface area contributed by atoms with Crippen molar-refractivity contribution in [1.29, 1.82) is 0 Å². The SMILES string of the molecule is O=C(O)C(CCOc1ccc(F)c(F)c1)c1ccccc1F. The quantitative estimate of drug-likeness (QED) is 0.884. The summed E-state index contributed by atoms with van der Waals surface area (Å²) in [5.41, 5.74) is 0.0592. The normalized spacial score (nSPS) is 12.0. The molecule has 1 N–H and O–H groups in total. The molecular formula is C16H13F3O3. The number of carbonyl (C=O) groups is 1. The third-order valence-electron chi connectivity index (χ3n) is 3.15. The van der Waals surface area contributed by atoms with E-state index in [0.29, 0.717) is 0 Å². The molecular weight excluding hydrogens is 297 g/mol.